The molecule has 0 amide bonds. The fourth-order valence-corrected chi connectivity index (χ4v) is 2.22. The van der Waals surface area contributed by atoms with E-state index >= 15 is 0 Å². The van der Waals surface area contributed by atoms with E-state index in [0.717, 1.165) is 19.6 Å². The van der Waals surface area contributed by atoms with Crippen LogP contribution >= 0.6 is 0 Å². The van der Waals surface area contributed by atoms with Gasteiger partial charge in [-0.05, 0) is 24.2 Å². The molecule has 1 aromatic carbocycles. The maximum absolute atomic E-state index is 13.9. The molecule has 118 valence electrons. The third-order valence-electron chi connectivity index (χ3n) is 3.39. The van der Waals surface area contributed by atoms with E-state index in [2.05, 4.69) is 10.2 Å². The molecule has 0 aliphatic carbocycles. The molecule has 6 heteroatoms. The second-order valence-corrected chi connectivity index (χ2v) is 4.97. The summed E-state index contributed by atoms with van der Waals surface area (Å²) < 4.78 is 38.3. The molecule has 1 saturated heterocycles. The maximum Gasteiger partial charge on any atom is 0.190 e. The van der Waals surface area contributed by atoms with Gasteiger partial charge in [-0.3, -0.25) is 4.90 Å². The predicted molar refractivity (Wildman–Crippen MR) is 76.5 cm³/mol. The summed E-state index contributed by atoms with van der Waals surface area (Å²) in [5, 5.41) is 3.03. The van der Waals surface area contributed by atoms with Crippen molar-refractivity contribution in [2.75, 3.05) is 46.0 Å². The molecule has 0 saturated carbocycles. The van der Waals surface area contributed by atoms with Crippen LogP contribution in [0.25, 0.3) is 0 Å². The fourth-order valence-electron chi connectivity index (χ4n) is 2.22. The highest BCUT2D eigenvalue weighted by Crippen LogP contribution is 2.23. The van der Waals surface area contributed by atoms with E-state index in [9.17, 15) is 8.78 Å². The van der Waals surface area contributed by atoms with Crippen molar-refractivity contribution >= 4 is 0 Å². The summed E-state index contributed by atoms with van der Waals surface area (Å²) in [7, 11) is 0. The smallest absolute Gasteiger partial charge is 0.190 e. The van der Waals surface area contributed by atoms with Crippen LogP contribution in [-0.2, 0) is 11.3 Å². The van der Waals surface area contributed by atoms with Crippen molar-refractivity contribution < 1.29 is 18.3 Å². The maximum atomic E-state index is 13.9. The molecular formula is C15H22F2N2O2. The Morgan fingerprint density at radius 3 is 2.52 bits per heavy atom. The quantitative estimate of drug-likeness (QED) is 0.832. The second-order valence-electron chi connectivity index (χ2n) is 4.97. The molecule has 0 unspecified atom stereocenters. The average Bonchev–Trinajstić information content (AvgIpc) is 2.49. The van der Waals surface area contributed by atoms with Gasteiger partial charge in [-0.2, -0.15) is 0 Å². The number of nitrogens with zero attached hydrogens (tertiary/aromatic N) is 1. The van der Waals surface area contributed by atoms with Crippen LogP contribution in [0.5, 0.6) is 5.75 Å². The van der Waals surface area contributed by atoms with Gasteiger partial charge in [0.05, 0.1) is 13.2 Å². The van der Waals surface area contributed by atoms with Crippen LogP contribution in [0.2, 0.25) is 0 Å². The summed E-state index contributed by atoms with van der Waals surface area (Å²) in [5.41, 5.74) is 0.576. The van der Waals surface area contributed by atoms with Gasteiger partial charge in [-0.25, -0.2) is 8.78 Å². The van der Waals surface area contributed by atoms with Crippen LogP contribution in [0.1, 0.15) is 12.5 Å². The lowest BCUT2D eigenvalue weighted by Gasteiger charge is -2.26. The van der Waals surface area contributed by atoms with Gasteiger partial charge in [0.25, 0.3) is 0 Å². The number of nitrogens with one attached hydrogen (secondary N) is 1. The molecule has 1 fully saturated rings. The Morgan fingerprint density at radius 2 is 1.90 bits per heavy atom. The minimum Gasteiger partial charge on any atom is -0.486 e. The molecule has 1 aliphatic rings. The highest BCUT2D eigenvalue weighted by Gasteiger charge is 2.14. The number of benzene rings is 1. The number of hydrogen-bond acceptors (Lipinski definition) is 4. The first-order valence-electron chi connectivity index (χ1n) is 7.32. The van der Waals surface area contributed by atoms with E-state index in [1.54, 1.807) is 0 Å². The summed E-state index contributed by atoms with van der Waals surface area (Å²) in [5.74, 6) is -1.58. The van der Waals surface area contributed by atoms with Crippen molar-refractivity contribution in [1.82, 2.24) is 10.2 Å². The fraction of sp³-hybridized carbons (Fsp3) is 0.600. The van der Waals surface area contributed by atoms with E-state index in [-0.39, 0.29) is 12.4 Å². The van der Waals surface area contributed by atoms with Crippen molar-refractivity contribution in [3.05, 3.63) is 29.3 Å². The van der Waals surface area contributed by atoms with Gasteiger partial charge < -0.3 is 14.8 Å². The Kier molecular flexibility index (Phi) is 6.35. The minimum atomic E-state index is -0.648. The Bertz CT molecular complexity index is 428. The van der Waals surface area contributed by atoms with Crippen LogP contribution in [0.15, 0.2) is 12.1 Å². The van der Waals surface area contributed by atoms with Crippen LogP contribution in [0.3, 0.4) is 0 Å². The molecule has 21 heavy (non-hydrogen) atoms. The SMILES string of the molecule is CCNCc1cc(F)c(OCCN2CCOCC2)c(F)c1. The molecule has 0 atom stereocenters. The van der Waals surface area contributed by atoms with Crippen molar-refractivity contribution in [1.29, 1.82) is 0 Å². The molecule has 1 heterocycles. The number of rotatable bonds is 7. The lowest BCUT2D eigenvalue weighted by Crippen LogP contribution is -2.38. The van der Waals surface area contributed by atoms with Gasteiger partial charge in [0.15, 0.2) is 17.4 Å². The second kappa shape index (κ2) is 8.26. The first kappa shape index (κ1) is 16.1. The zero-order valence-electron chi connectivity index (χ0n) is 12.3. The summed E-state index contributed by atoms with van der Waals surface area (Å²) in [6.45, 7) is 7.09. The molecule has 0 radical (unpaired) electrons. The van der Waals surface area contributed by atoms with Crippen LogP contribution in [0, 0.1) is 11.6 Å². The number of ether oxygens (including phenoxy) is 2. The summed E-state index contributed by atoms with van der Waals surface area (Å²) in [6, 6.07) is 2.63. The van der Waals surface area contributed by atoms with E-state index in [1.165, 1.54) is 12.1 Å². The van der Waals surface area contributed by atoms with Gasteiger partial charge in [0.1, 0.15) is 6.61 Å². The number of hydrogen-bond donors (Lipinski definition) is 1. The largest absolute Gasteiger partial charge is 0.486 e. The lowest BCUT2D eigenvalue weighted by molar-refractivity contribution is 0.0318. The molecule has 0 bridgehead atoms. The summed E-state index contributed by atoms with van der Waals surface area (Å²) in [6.07, 6.45) is 0. The zero-order valence-corrected chi connectivity index (χ0v) is 12.3. The number of halogens is 2. The first-order chi connectivity index (χ1) is 10.2. The summed E-state index contributed by atoms with van der Waals surface area (Å²) in [4.78, 5) is 2.15. The van der Waals surface area contributed by atoms with E-state index in [0.29, 0.717) is 31.9 Å². The standard InChI is InChI=1S/C15H22F2N2O2/c1-2-18-11-12-9-13(16)15(14(17)10-12)21-8-5-19-3-6-20-7-4-19/h9-10,18H,2-8,11H2,1H3. The Morgan fingerprint density at radius 1 is 1.24 bits per heavy atom. The monoisotopic (exact) mass is 300 g/mol. The van der Waals surface area contributed by atoms with Gasteiger partial charge >= 0.3 is 0 Å². The van der Waals surface area contributed by atoms with Crippen molar-refractivity contribution in [2.24, 2.45) is 0 Å². The molecule has 0 spiro atoms. The van der Waals surface area contributed by atoms with Crippen LogP contribution in [-0.4, -0.2) is 50.9 Å². The zero-order chi connectivity index (χ0) is 15.1. The first-order valence-corrected chi connectivity index (χ1v) is 7.32. The third kappa shape index (κ3) is 4.91. The van der Waals surface area contributed by atoms with Crippen molar-refractivity contribution in [2.45, 2.75) is 13.5 Å². The molecule has 4 nitrogen and oxygen atoms in total. The molecular weight excluding hydrogens is 278 g/mol. The Labute approximate surface area is 124 Å². The van der Waals surface area contributed by atoms with Crippen LogP contribution < -0.4 is 10.1 Å². The topological polar surface area (TPSA) is 33.7 Å². The van der Waals surface area contributed by atoms with E-state index in [4.69, 9.17) is 9.47 Å². The molecule has 1 aromatic rings. The van der Waals surface area contributed by atoms with E-state index in [1.807, 2.05) is 6.92 Å². The number of morpholine rings is 1. The normalized spacial score (nSPS) is 16.1. The van der Waals surface area contributed by atoms with Crippen molar-refractivity contribution in [3.63, 3.8) is 0 Å². The molecule has 1 aliphatic heterocycles. The highest BCUT2D eigenvalue weighted by atomic mass is 19.1. The van der Waals surface area contributed by atoms with Gasteiger partial charge in [0.2, 0.25) is 0 Å². The molecule has 2 rings (SSSR count). The van der Waals surface area contributed by atoms with Crippen LogP contribution in [0.4, 0.5) is 8.78 Å². The Balaban J connectivity index is 1.87. The molecule has 1 N–H and O–H groups in total. The van der Waals surface area contributed by atoms with E-state index < -0.39 is 11.6 Å². The van der Waals surface area contributed by atoms with Gasteiger partial charge in [-0.15, -0.1) is 0 Å². The highest BCUT2D eigenvalue weighted by molar-refractivity contribution is 5.31. The third-order valence-corrected chi connectivity index (χ3v) is 3.39. The van der Waals surface area contributed by atoms with Gasteiger partial charge in [0, 0.05) is 26.2 Å². The van der Waals surface area contributed by atoms with Gasteiger partial charge in [-0.1, -0.05) is 6.92 Å². The molecule has 0 aromatic heterocycles. The predicted octanol–water partition coefficient (Wildman–Crippen LogP) is 1.79. The average molecular weight is 300 g/mol. The minimum absolute atomic E-state index is 0.264. The Hall–Kier alpha value is -1.24. The van der Waals surface area contributed by atoms with Crippen molar-refractivity contribution in [3.8, 4) is 5.75 Å². The lowest BCUT2D eigenvalue weighted by atomic mass is 10.2. The summed E-state index contributed by atoms with van der Waals surface area (Å²) >= 11 is 0.